The molecule has 0 aliphatic carbocycles. The van der Waals surface area contributed by atoms with Crippen LogP contribution in [0.25, 0.3) is 0 Å². The van der Waals surface area contributed by atoms with E-state index in [-0.39, 0.29) is 10.6 Å². The Kier molecular flexibility index (Phi) is 3.20. The summed E-state index contributed by atoms with van der Waals surface area (Å²) < 4.78 is 38.0. The Morgan fingerprint density at radius 3 is 2.23 bits per heavy atom. The van der Waals surface area contributed by atoms with E-state index in [2.05, 4.69) is 0 Å². The lowest BCUT2D eigenvalue weighted by Crippen LogP contribution is -1.90. The van der Waals surface area contributed by atoms with Gasteiger partial charge < -0.3 is 0 Å². The van der Waals surface area contributed by atoms with Gasteiger partial charge in [-0.3, -0.25) is 0 Å². The monoisotopic (exact) mass is 203 g/mol. The summed E-state index contributed by atoms with van der Waals surface area (Å²) in [5.74, 6) is -2.98. The molecule has 0 spiro atoms. The zero-order valence-corrected chi connectivity index (χ0v) is 7.17. The van der Waals surface area contributed by atoms with Crippen molar-refractivity contribution in [2.45, 2.75) is 4.90 Å². The number of hydrogen-bond donors (Lipinski definition) is 0. The number of thioether (sulfide) groups is 1. The van der Waals surface area contributed by atoms with Crippen molar-refractivity contribution in [1.29, 1.82) is 5.26 Å². The summed E-state index contributed by atoms with van der Waals surface area (Å²) >= 11 is 0.705. The second kappa shape index (κ2) is 4.19. The van der Waals surface area contributed by atoms with Crippen LogP contribution < -0.4 is 0 Å². The third kappa shape index (κ3) is 2.39. The topological polar surface area (TPSA) is 23.8 Å². The second-order valence-electron chi connectivity index (χ2n) is 2.15. The first kappa shape index (κ1) is 9.93. The average Bonchev–Trinajstić information content (AvgIpc) is 2.02. The van der Waals surface area contributed by atoms with Gasteiger partial charge in [0.05, 0.1) is 16.7 Å². The Labute approximate surface area is 77.2 Å². The maximum Gasteiger partial charge on any atom is 0.142 e. The molecule has 0 heterocycles. The van der Waals surface area contributed by atoms with Crippen molar-refractivity contribution in [2.75, 3.05) is 5.75 Å². The maximum absolute atomic E-state index is 12.8. The standard InChI is InChI=1S/C8H4F3NS/c9-5-3-6(10)8(7(11)4-5)13-2-1-12/h3-4H,2H2. The van der Waals surface area contributed by atoms with Gasteiger partial charge in [0.15, 0.2) is 0 Å². The van der Waals surface area contributed by atoms with Crippen molar-refractivity contribution in [2.24, 2.45) is 0 Å². The van der Waals surface area contributed by atoms with E-state index in [1.807, 2.05) is 0 Å². The molecular formula is C8H4F3NS. The highest BCUT2D eigenvalue weighted by Gasteiger charge is 2.11. The van der Waals surface area contributed by atoms with Crippen molar-refractivity contribution in [3.05, 3.63) is 29.6 Å². The van der Waals surface area contributed by atoms with Crippen LogP contribution in [0, 0.1) is 28.8 Å². The van der Waals surface area contributed by atoms with E-state index >= 15 is 0 Å². The van der Waals surface area contributed by atoms with E-state index in [0.717, 1.165) is 0 Å². The lowest BCUT2D eigenvalue weighted by molar-refractivity contribution is 0.511. The third-order valence-electron chi connectivity index (χ3n) is 1.24. The molecule has 0 saturated carbocycles. The molecule has 0 aromatic heterocycles. The molecule has 1 rings (SSSR count). The minimum Gasteiger partial charge on any atom is -0.207 e. The van der Waals surface area contributed by atoms with Crippen molar-refractivity contribution in [3.63, 3.8) is 0 Å². The van der Waals surface area contributed by atoms with Gasteiger partial charge in [0.25, 0.3) is 0 Å². The first-order chi connectivity index (χ1) is 6.15. The predicted molar refractivity (Wildman–Crippen MR) is 42.7 cm³/mol. The molecule has 13 heavy (non-hydrogen) atoms. The first-order valence-corrected chi connectivity index (χ1v) is 4.28. The number of hydrogen-bond acceptors (Lipinski definition) is 2. The van der Waals surface area contributed by atoms with E-state index in [4.69, 9.17) is 5.26 Å². The highest BCUT2D eigenvalue weighted by Crippen LogP contribution is 2.25. The SMILES string of the molecule is N#CCSc1c(F)cc(F)cc1F. The van der Waals surface area contributed by atoms with E-state index in [1.54, 1.807) is 6.07 Å². The molecule has 68 valence electrons. The summed E-state index contributed by atoms with van der Waals surface area (Å²) in [6, 6.07) is 2.89. The minimum absolute atomic E-state index is 0.0700. The molecule has 0 saturated heterocycles. The molecule has 1 nitrogen and oxygen atoms in total. The molecule has 1 aromatic rings. The highest BCUT2D eigenvalue weighted by atomic mass is 32.2. The second-order valence-corrected chi connectivity index (χ2v) is 3.13. The van der Waals surface area contributed by atoms with E-state index < -0.39 is 17.5 Å². The van der Waals surface area contributed by atoms with Crippen molar-refractivity contribution < 1.29 is 13.2 Å². The smallest absolute Gasteiger partial charge is 0.142 e. The molecule has 0 fully saturated rings. The van der Waals surface area contributed by atoms with Crippen LogP contribution in [0.1, 0.15) is 0 Å². The van der Waals surface area contributed by atoms with E-state index in [1.165, 1.54) is 0 Å². The van der Waals surface area contributed by atoms with Crippen LogP contribution in [0.5, 0.6) is 0 Å². The molecule has 0 amide bonds. The van der Waals surface area contributed by atoms with Gasteiger partial charge in [-0.25, -0.2) is 13.2 Å². The number of nitriles is 1. The fourth-order valence-corrected chi connectivity index (χ4v) is 1.37. The van der Waals surface area contributed by atoms with Gasteiger partial charge in [-0.05, 0) is 0 Å². The van der Waals surface area contributed by atoms with Gasteiger partial charge in [0.1, 0.15) is 17.5 Å². The summed E-state index contributed by atoms with van der Waals surface area (Å²) in [6.07, 6.45) is 0. The van der Waals surface area contributed by atoms with Crippen molar-refractivity contribution >= 4 is 11.8 Å². The molecular weight excluding hydrogens is 199 g/mol. The molecule has 0 bridgehead atoms. The largest absolute Gasteiger partial charge is 0.207 e. The normalized spacial score (nSPS) is 9.69. The van der Waals surface area contributed by atoms with Gasteiger partial charge >= 0.3 is 0 Å². The van der Waals surface area contributed by atoms with Gasteiger partial charge in [0, 0.05) is 12.1 Å². The van der Waals surface area contributed by atoms with Crippen molar-refractivity contribution in [1.82, 2.24) is 0 Å². The van der Waals surface area contributed by atoms with Crippen LogP contribution in [0.15, 0.2) is 17.0 Å². The average molecular weight is 203 g/mol. The summed E-state index contributed by atoms with van der Waals surface area (Å²) in [4.78, 5) is -0.317. The van der Waals surface area contributed by atoms with E-state index in [9.17, 15) is 13.2 Å². The summed E-state index contributed by atoms with van der Waals surface area (Å²) in [5, 5.41) is 8.17. The molecule has 1 aromatic carbocycles. The quantitative estimate of drug-likeness (QED) is 0.690. The minimum atomic E-state index is -0.974. The lowest BCUT2D eigenvalue weighted by atomic mass is 10.3. The molecule has 0 unspecified atom stereocenters. The predicted octanol–water partition coefficient (Wildman–Crippen LogP) is 2.72. The van der Waals surface area contributed by atoms with Crippen LogP contribution in [0.4, 0.5) is 13.2 Å². The molecule has 0 aliphatic rings. The molecule has 0 atom stereocenters. The fourth-order valence-electron chi connectivity index (χ4n) is 0.771. The van der Waals surface area contributed by atoms with Crippen LogP contribution in [0.3, 0.4) is 0 Å². The fraction of sp³-hybridized carbons (Fsp3) is 0.125. The maximum atomic E-state index is 12.8. The molecule has 5 heteroatoms. The van der Waals surface area contributed by atoms with Crippen LogP contribution >= 0.6 is 11.8 Å². The summed E-state index contributed by atoms with van der Waals surface area (Å²) in [5.41, 5.74) is 0. The number of benzene rings is 1. The van der Waals surface area contributed by atoms with E-state index in [0.29, 0.717) is 23.9 Å². The van der Waals surface area contributed by atoms with Gasteiger partial charge in [-0.2, -0.15) is 5.26 Å². The molecule has 0 N–H and O–H groups in total. The van der Waals surface area contributed by atoms with Crippen LogP contribution in [0.2, 0.25) is 0 Å². The zero-order chi connectivity index (χ0) is 9.84. The number of rotatable bonds is 2. The zero-order valence-electron chi connectivity index (χ0n) is 6.35. The lowest BCUT2D eigenvalue weighted by Gasteiger charge is -2.01. The van der Waals surface area contributed by atoms with Crippen LogP contribution in [-0.2, 0) is 0 Å². The third-order valence-corrected chi connectivity index (χ3v) is 2.20. The molecule has 0 radical (unpaired) electrons. The number of halogens is 3. The van der Waals surface area contributed by atoms with Crippen molar-refractivity contribution in [3.8, 4) is 6.07 Å². The van der Waals surface area contributed by atoms with Gasteiger partial charge in [-0.15, -0.1) is 11.8 Å². The Bertz CT molecular complexity index is 336. The number of nitrogens with zero attached hydrogens (tertiary/aromatic N) is 1. The summed E-state index contributed by atoms with van der Waals surface area (Å²) in [7, 11) is 0. The van der Waals surface area contributed by atoms with Crippen LogP contribution in [-0.4, -0.2) is 5.75 Å². The highest BCUT2D eigenvalue weighted by molar-refractivity contribution is 7.99. The molecule has 0 aliphatic heterocycles. The first-order valence-electron chi connectivity index (χ1n) is 3.29. The Morgan fingerprint density at radius 1 is 1.23 bits per heavy atom. The summed E-state index contributed by atoms with van der Waals surface area (Å²) in [6.45, 7) is 0. The Balaban J connectivity index is 3.00. The Hall–Kier alpha value is -1.15. The van der Waals surface area contributed by atoms with Gasteiger partial charge in [0.2, 0.25) is 0 Å². The van der Waals surface area contributed by atoms with Gasteiger partial charge in [-0.1, -0.05) is 0 Å². The Morgan fingerprint density at radius 2 is 1.77 bits per heavy atom.